The number of nitrogens with zero attached hydrogens (tertiary/aromatic N) is 6. The predicted octanol–water partition coefficient (Wildman–Crippen LogP) is 2.68. The third kappa shape index (κ3) is 3.48. The fourth-order valence-corrected chi connectivity index (χ4v) is 3.24. The first-order valence-corrected chi connectivity index (χ1v) is 9.09. The van der Waals surface area contributed by atoms with E-state index >= 15 is 0 Å². The smallest absolute Gasteiger partial charge is 0.159 e. The second kappa shape index (κ2) is 7.99. The molecule has 2 aromatic rings. The van der Waals surface area contributed by atoms with Crippen LogP contribution in [0.3, 0.4) is 0 Å². The molecule has 142 valence electrons. The number of methoxy groups -OCH3 is 1. The van der Waals surface area contributed by atoms with Crippen LogP contribution in [-0.4, -0.2) is 42.4 Å². The Kier molecular flexibility index (Phi) is 5.09. The summed E-state index contributed by atoms with van der Waals surface area (Å²) in [4.78, 5) is 13.0. The second-order valence-electron chi connectivity index (χ2n) is 6.31. The highest BCUT2D eigenvalue weighted by atomic mass is 16.5. The highest BCUT2D eigenvalue weighted by Gasteiger charge is 2.41. The number of benzene rings is 1. The maximum absolute atomic E-state index is 5.35. The van der Waals surface area contributed by atoms with Crippen molar-refractivity contribution in [2.75, 3.05) is 12.1 Å². The Balaban J connectivity index is 1.56. The minimum absolute atomic E-state index is 0.0733. The Hall–Kier alpha value is -3.55. The number of aliphatic imine (C=N–C) groups is 2. The van der Waals surface area contributed by atoms with Crippen molar-refractivity contribution in [2.45, 2.75) is 19.5 Å². The minimum Gasteiger partial charge on any atom is -0.497 e. The fraction of sp³-hybridized carbons (Fsp3) is 0.250. The molecule has 3 heterocycles. The SMILES string of the molecule is CCC1=NN(c2cccc(OC)c2)C2N=CN=C(NN=Cc3ccncc3)C12. The lowest BCUT2D eigenvalue weighted by molar-refractivity contribution is 0.414. The lowest BCUT2D eigenvalue weighted by atomic mass is 9.97. The number of hydrogen-bond acceptors (Lipinski definition) is 8. The van der Waals surface area contributed by atoms with E-state index in [0.717, 1.165) is 35.0 Å². The van der Waals surface area contributed by atoms with Gasteiger partial charge in [-0.25, -0.2) is 15.0 Å². The molecule has 2 aliphatic heterocycles. The molecule has 0 saturated heterocycles. The van der Waals surface area contributed by atoms with Gasteiger partial charge in [0.2, 0.25) is 0 Å². The summed E-state index contributed by atoms with van der Waals surface area (Å²) in [6.45, 7) is 2.08. The van der Waals surface area contributed by atoms with Crippen molar-refractivity contribution in [2.24, 2.45) is 26.1 Å². The molecule has 2 atom stereocenters. The first-order chi connectivity index (χ1) is 13.8. The zero-order chi connectivity index (χ0) is 19.3. The van der Waals surface area contributed by atoms with Crippen molar-refractivity contribution in [3.8, 4) is 5.75 Å². The normalized spacial score (nSPS) is 20.7. The summed E-state index contributed by atoms with van der Waals surface area (Å²) >= 11 is 0. The van der Waals surface area contributed by atoms with E-state index < -0.39 is 0 Å². The number of pyridine rings is 1. The van der Waals surface area contributed by atoms with E-state index in [-0.39, 0.29) is 12.1 Å². The van der Waals surface area contributed by atoms with Gasteiger partial charge in [-0.2, -0.15) is 10.2 Å². The molecule has 0 saturated carbocycles. The zero-order valence-electron chi connectivity index (χ0n) is 15.7. The van der Waals surface area contributed by atoms with Crippen molar-refractivity contribution in [3.63, 3.8) is 0 Å². The molecule has 4 rings (SSSR count). The van der Waals surface area contributed by atoms with Gasteiger partial charge in [-0.3, -0.25) is 10.4 Å². The van der Waals surface area contributed by atoms with Crippen LogP contribution in [0, 0.1) is 5.92 Å². The Morgan fingerprint density at radius 2 is 2.11 bits per heavy atom. The van der Waals surface area contributed by atoms with Gasteiger partial charge in [-0.1, -0.05) is 13.0 Å². The number of amidine groups is 1. The number of aromatic nitrogens is 1. The summed E-state index contributed by atoms with van der Waals surface area (Å²) < 4.78 is 5.35. The molecule has 2 aliphatic rings. The van der Waals surface area contributed by atoms with Crippen LogP contribution in [0.2, 0.25) is 0 Å². The van der Waals surface area contributed by atoms with Crippen molar-refractivity contribution >= 4 is 29.8 Å². The summed E-state index contributed by atoms with van der Waals surface area (Å²) in [6, 6.07) is 11.6. The van der Waals surface area contributed by atoms with Crippen LogP contribution in [0.5, 0.6) is 5.75 Å². The molecule has 8 nitrogen and oxygen atoms in total. The van der Waals surface area contributed by atoms with Gasteiger partial charge in [-0.15, -0.1) is 0 Å². The van der Waals surface area contributed by atoms with Gasteiger partial charge >= 0.3 is 0 Å². The van der Waals surface area contributed by atoms with Crippen LogP contribution < -0.4 is 15.2 Å². The lowest BCUT2D eigenvalue weighted by Gasteiger charge is -2.27. The van der Waals surface area contributed by atoms with Crippen molar-refractivity contribution in [1.29, 1.82) is 0 Å². The van der Waals surface area contributed by atoms with Crippen molar-refractivity contribution in [3.05, 3.63) is 54.4 Å². The van der Waals surface area contributed by atoms with E-state index in [1.54, 1.807) is 32.1 Å². The van der Waals surface area contributed by atoms with Crippen LogP contribution in [0.4, 0.5) is 5.69 Å². The van der Waals surface area contributed by atoms with Crippen LogP contribution in [0.25, 0.3) is 0 Å². The lowest BCUT2D eigenvalue weighted by Crippen LogP contribution is -2.43. The topological polar surface area (TPSA) is 86.8 Å². The molecule has 1 aromatic heterocycles. The molecule has 2 unspecified atom stereocenters. The average molecular weight is 375 g/mol. The van der Waals surface area contributed by atoms with Gasteiger partial charge in [-0.05, 0) is 36.2 Å². The Morgan fingerprint density at radius 3 is 2.89 bits per heavy atom. The number of rotatable bonds is 5. The summed E-state index contributed by atoms with van der Waals surface area (Å²) in [6.07, 6.45) is 7.36. The molecule has 0 aliphatic carbocycles. The van der Waals surface area contributed by atoms with Crippen LogP contribution >= 0.6 is 0 Å². The van der Waals surface area contributed by atoms with E-state index in [2.05, 4.69) is 32.4 Å². The van der Waals surface area contributed by atoms with E-state index in [1.807, 2.05) is 41.4 Å². The number of ether oxygens (including phenoxy) is 1. The molecule has 0 fully saturated rings. The molecule has 0 spiro atoms. The minimum atomic E-state index is -0.196. The maximum atomic E-state index is 5.35. The number of fused-ring (bicyclic) bond motifs is 1. The Morgan fingerprint density at radius 1 is 1.25 bits per heavy atom. The highest BCUT2D eigenvalue weighted by Crippen LogP contribution is 2.33. The van der Waals surface area contributed by atoms with Gasteiger partial charge in [0.25, 0.3) is 0 Å². The monoisotopic (exact) mass is 375 g/mol. The van der Waals surface area contributed by atoms with Crippen LogP contribution in [0.1, 0.15) is 18.9 Å². The highest BCUT2D eigenvalue weighted by molar-refractivity contribution is 6.12. The average Bonchev–Trinajstić information content (AvgIpc) is 3.14. The quantitative estimate of drug-likeness (QED) is 0.643. The summed E-state index contributed by atoms with van der Waals surface area (Å²) in [5.41, 5.74) is 5.97. The van der Waals surface area contributed by atoms with Gasteiger partial charge < -0.3 is 4.74 Å². The predicted molar refractivity (Wildman–Crippen MR) is 111 cm³/mol. The largest absolute Gasteiger partial charge is 0.497 e. The fourth-order valence-electron chi connectivity index (χ4n) is 3.24. The van der Waals surface area contributed by atoms with Crippen LogP contribution in [0.15, 0.2) is 69.0 Å². The van der Waals surface area contributed by atoms with E-state index in [4.69, 9.17) is 9.84 Å². The Labute approximate surface area is 163 Å². The summed E-state index contributed by atoms with van der Waals surface area (Å²) in [7, 11) is 1.65. The number of hydrogen-bond donors (Lipinski definition) is 1. The van der Waals surface area contributed by atoms with E-state index in [0.29, 0.717) is 0 Å². The number of nitrogens with one attached hydrogen (secondary N) is 1. The van der Waals surface area contributed by atoms with Gasteiger partial charge in [0.15, 0.2) is 6.17 Å². The Bertz CT molecular complexity index is 952. The molecular weight excluding hydrogens is 354 g/mol. The zero-order valence-corrected chi connectivity index (χ0v) is 15.7. The molecule has 8 heteroatoms. The van der Waals surface area contributed by atoms with Crippen molar-refractivity contribution in [1.82, 2.24) is 10.4 Å². The first kappa shape index (κ1) is 17.8. The maximum Gasteiger partial charge on any atom is 0.159 e. The van der Waals surface area contributed by atoms with Gasteiger partial charge in [0.05, 0.1) is 24.7 Å². The third-order valence-electron chi connectivity index (χ3n) is 4.63. The number of hydrazone groups is 2. The third-order valence-corrected chi connectivity index (χ3v) is 4.63. The molecule has 1 aromatic carbocycles. The molecular formula is C20H21N7O. The summed E-state index contributed by atoms with van der Waals surface area (Å²) in [5, 5.41) is 11.1. The molecule has 28 heavy (non-hydrogen) atoms. The van der Waals surface area contributed by atoms with Gasteiger partial charge in [0.1, 0.15) is 23.8 Å². The molecule has 0 bridgehead atoms. The number of anilines is 1. The second-order valence-corrected chi connectivity index (χ2v) is 6.31. The molecule has 0 amide bonds. The summed E-state index contributed by atoms with van der Waals surface area (Å²) in [5.74, 6) is 1.44. The van der Waals surface area contributed by atoms with E-state index in [9.17, 15) is 0 Å². The molecule has 1 N–H and O–H groups in total. The molecule has 0 radical (unpaired) electrons. The van der Waals surface area contributed by atoms with Crippen molar-refractivity contribution < 1.29 is 4.74 Å². The van der Waals surface area contributed by atoms with E-state index in [1.165, 1.54) is 0 Å². The van der Waals surface area contributed by atoms with Crippen LogP contribution in [-0.2, 0) is 0 Å². The standard InChI is InChI=1S/C20H21N7O/c1-3-17-18-19(25-24-12-14-7-9-21-10-8-14)22-13-23-20(18)27(26-17)15-5-4-6-16(11-15)28-2/h4-13,18,20H,3H2,1-2H3,(H,22,23,25). The van der Waals surface area contributed by atoms with Gasteiger partial charge in [0, 0.05) is 18.5 Å². The first-order valence-electron chi connectivity index (χ1n) is 9.09.